The maximum absolute atomic E-state index is 12.9. The minimum Gasteiger partial charge on any atom is -0.400 e. The minimum absolute atomic E-state index is 0.0811. The van der Waals surface area contributed by atoms with E-state index in [4.69, 9.17) is 25.1 Å². The van der Waals surface area contributed by atoms with Crippen LogP contribution in [0.4, 0.5) is 0 Å². The van der Waals surface area contributed by atoms with Crippen molar-refractivity contribution in [2.75, 3.05) is 29.2 Å². The minimum atomic E-state index is -0.421. The second kappa shape index (κ2) is 40.2. The van der Waals surface area contributed by atoms with Gasteiger partial charge in [0, 0.05) is 66.3 Å². The molecule has 2 saturated carbocycles. The molecular formula is C55H98I2O10. The third-order valence-electron chi connectivity index (χ3n) is 14.6. The number of aliphatic hydroxyl groups is 1. The van der Waals surface area contributed by atoms with Crippen LogP contribution >= 0.6 is 45.2 Å². The average Bonchev–Trinajstić information content (AvgIpc) is 4.01. The Balaban J connectivity index is 0.000000649. The number of hydrogen-bond acceptors (Lipinski definition) is 10. The van der Waals surface area contributed by atoms with Gasteiger partial charge in [0.05, 0.1) is 25.4 Å². The number of unbranched alkanes of at least 4 members (excludes halogenated alkanes) is 10. The molecule has 8 atom stereocenters. The first kappa shape index (κ1) is 64.7. The van der Waals surface area contributed by atoms with E-state index in [9.17, 15) is 14.4 Å². The normalized spacial score (nSPS) is 23.6. The average molecular weight is 1170 g/mol. The number of carbonyl (C=O) groups is 3. The van der Waals surface area contributed by atoms with Crippen molar-refractivity contribution in [3.05, 3.63) is 24.3 Å². The van der Waals surface area contributed by atoms with Gasteiger partial charge in [0.25, 0.3) is 0 Å². The van der Waals surface area contributed by atoms with Gasteiger partial charge >= 0.3 is 0 Å². The predicted molar refractivity (Wildman–Crippen MR) is 291 cm³/mol. The van der Waals surface area contributed by atoms with Crippen LogP contribution < -0.4 is 0 Å². The lowest BCUT2D eigenvalue weighted by molar-refractivity contribution is -0.289. The zero-order chi connectivity index (χ0) is 49.9. The summed E-state index contributed by atoms with van der Waals surface area (Å²) in [5.74, 6) is 3.28. The maximum atomic E-state index is 12.9. The summed E-state index contributed by atoms with van der Waals surface area (Å²) in [6.45, 7) is 14.1. The number of alkyl halides is 2. The lowest BCUT2D eigenvalue weighted by Crippen LogP contribution is -2.32. The van der Waals surface area contributed by atoms with E-state index in [1.54, 1.807) is 0 Å². The van der Waals surface area contributed by atoms with Gasteiger partial charge in [-0.3, -0.25) is 24.9 Å². The quantitative estimate of drug-likeness (QED) is 0.0138. The van der Waals surface area contributed by atoms with E-state index in [2.05, 4.69) is 107 Å². The third kappa shape index (κ3) is 26.3. The summed E-state index contributed by atoms with van der Waals surface area (Å²) in [5.41, 5.74) is 0. The van der Waals surface area contributed by atoms with Gasteiger partial charge < -0.3 is 14.6 Å². The van der Waals surface area contributed by atoms with Crippen LogP contribution in [0.25, 0.3) is 0 Å². The fourth-order valence-electron chi connectivity index (χ4n) is 10.4. The molecule has 0 radical (unpaired) electrons. The lowest BCUT2D eigenvalue weighted by atomic mass is 9.82. The van der Waals surface area contributed by atoms with Gasteiger partial charge in [-0.1, -0.05) is 162 Å². The van der Waals surface area contributed by atoms with E-state index in [1.165, 1.54) is 44.9 Å². The Morgan fingerprint density at radius 3 is 1.52 bits per heavy atom. The number of ether oxygens (including phenoxy) is 2. The molecule has 392 valence electrons. The summed E-state index contributed by atoms with van der Waals surface area (Å²) in [6.07, 6.45) is 34.4. The summed E-state index contributed by atoms with van der Waals surface area (Å²) in [6, 6.07) is 0. The molecule has 0 aromatic rings. The van der Waals surface area contributed by atoms with Crippen LogP contribution in [0.2, 0.25) is 0 Å². The SMILES string of the molecule is CCCCCCCC(=O)CC[C@H]1[C@H](CI)CC(=O)[C@@H]1CC=CCCCC(OO)C(C)C.CCCCCCCC1(CC[C@H]2[C@H](CI)CC(=O)[C@@H]2CC=CCCCC(OO)C(C)C)OCCO1.CO. The summed E-state index contributed by atoms with van der Waals surface area (Å²) in [5, 5.41) is 24.9. The van der Waals surface area contributed by atoms with Crippen molar-refractivity contribution in [1.29, 1.82) is 0 Å². The van der Waals surface area contributed by atoms with E-state index >= 15 is 0 Å². The molecule has 0 aromatic heterocycles. The highest BCUT2D eigenvalue weighted by molar-refractivity contribution is 14.1. The molecule has 1 saturated heterocycles. The second-order valence-corrected chi connectivity index (χ2v) is 22.1. The lowest BCUT2D eigenvalue weighted by Gasteiger charge is -2.31. The van der Waals surface area contributed by atoms with Crippen LogP contribution in [-0.2, 0) is 33.6 Å². The Labute approximate surface area is 436 Å². The summed E-state index contributed by atoms with van der Waals surface area (Å²) >= 11 is 4.86. The molecule has 1 aliphatic heterocycles. The van der Waals surface area contributed by atoms with Gasteiger partial charge in [0.1, 0.15) is 17.3 Å². The van der Waals surface area contributed by atoms with Crippen LogP contribution in [0.1, 0.15) is 208 Å². The van der Waals surface area contributed by atoms with Crippen molar-refractivity contribution >= 4 is 62.5 Å². The number of carbonyl (C=O) groups excluding carboxylic acids is 3. The molecule has 2 aliphatic carbocycles. The van der Waals surface area contributed by atoms with Gasteiger partial charge in [-0.15, -0.1) is 0 Å². The van der Waals surface area contributed by atoms with Gasteiger partial charge in [-0.25, -0.2) is 9.78 Å². The molecule has 3 aliphatic rings. The van der Waals surface area contributed by atoms with Crippen LogP contribution in [0.5, 0.6) is 0 Å². The van der Waals surface area contributed by atoms with Gasteiger partial charge in [-0.2, -0.15) is 0 Å². The number of aliphatic hydroxyl groups excluding tert-OH is 1. The van der Waals surface area contributed by atoms with E-state index in [0.29, 0.717) is 85.3 Å². The molecule has 3 fully saturated rings. The van der Waals surface area contributed by atoms with Crippen molar-refractivity contribution in [3.63, 3.8) is 0 Å². The van der Waals surface area contributed by atoms with Gasteiger partial charge in [0.2, 0.25) is 0 Å². The van der Waals surface area contributed by atoms with Crippen molar-refractivity contribution < 1.29 is 49.3 Å². The molecule has 12 heteroatoms. The molecule has 0 amide bonds. The highest BCUT2D eigenvalue weighted by atomic mass is 127. The largest absolute Gasteiger partial charge is 0.400 e. The molecule has 3 rings (SSSR count). The molecule has 0 bridgehead atoms. The number of ketones is 3. The number of hydrogen-bond donors (Lipinski definition) is 3. The number of Topliss-reactive ketones (excluding diaryl/α,β-unsaturated/α-hetero) is 3. The van der Waals surface area contributed by atoms with E-state index in [0.717, 1.165) is 119 Å². The number of halogens is 2. The standard InChI is InChI=1S/C28H49IO5.C26H45IO4.CH4O/c1-4-5-6-9-12-16-28(32-18-19-33-28)17-15-24-23(21-29)20-26(30)25(24)13-10-7-8-11-14-27(34-31)22(2)3;1-4-5-6-7-10-13-22(28)16-17-23-21(19-27)18-25(29)24(23)14-11-8-9-12-15-26(31-30)20(2)3;1-2/h7,10,22-25,27,31H,4-6,8-9,11-21H2,1-3H3;8,11,20-21,23-24,26,30H,4-7,9-10,12-19H2,1-3H3;2H,1H3/t23-,24-,25+,27?;21-,23-,24+,26?;/m00./s1. The molecule has 10 nitrogen and oxygen atoms in total. The van der Waals surface area contributed by atoms with Crippen LogP contribution in [-0.4, -0.2) is 80.1 Å². The number of allylic oxidation sites excluding steroid dienone is 4. The van der Waals surface area contributed by atoms with Crippen LogP contribution in [0, 0.1) is 47.3 Å². The smallest absolute Gasteiger partial charge is 0.168 e. The first-order valence-electron chi connectivity index (χ1n) is 26.7. The Kier molecular flexibility index (Phi) is 38.8. The van der Waals surface area contributed by atoms with Crippen molar-refractivity contribution in [1.82, 2.24) is 0 Å². The molecule has 3 N–H and O–H groups in total. The molecular weight excluding hydrogens is 1070 g/mol. The van der Waals surface area contributed by atoms with Crippen LogP contribution in [0.15, 0.2) is 24.3 Å². The van der Waals surface area contributed by atoms with Crippen molar-refractivity contribution in [2.45, 2.75) is 226 Å². The Bertz CT molecular complexity index is 1320. The summed E-state index contributed by atoms with van der Waals surface area (Å²) in [7, 11) is 1.00. The third-order valence-corrected chi connectivity index (χ3v) is 16.9. The van der Waals surface area contributed by atoms with Crippen molar-refractivity contribution in [2.24, 2.45) is 47.3 Å². The van der Waals surface area contributed by atoms with E-state index in [1.807, 2.05) is 13.8 Å². The summed E-state index contributed by atoms with van der Waals surface area (Å²) in [4.78, 5) is 47.0. The molecule has 0 spiro atoms. The Morgan fingerprint density at radius 2 is 1.09 bits per heavy atom. The second-order valence-electron chi connectivity index (χ2n) is 20.3. The van der Waals surface area contributed by atoms with Gasteiger partial charge in [-0.05, 0) is 113 Å². The van der Waals surface area contributed by atoms with Gasteiger partial charge in [0.15, 0.2) is 5.79 Å². The highest BCUT2D eigenvalue weighted by Crippen LogP contribution is 2.44. The molecule has 0 aromatic carbocycles. The number of rotatable bonds is 36. The summed E-state index contributed by atoms with van der Waals surface area (Å²) < 4.78 is 14.4. The zero-order valence-electron chi connectivity index (χ0n) is 43.3. The predicted octanol–water partition coefficient (Wildman–Crippen LogP) is 14.9. The molecule has 2 unspecified atom stereocenters. The highest BCUT2D eigenvalue weighted by Gasteiger charge is 2.44. The van der Waals surface area contributed by atoms with E-state index < -0.39 is 5.79 Å². The molecule has 67 heavy (non-hydrogen) atoms. The fraction of sp³-hybridized carbons (Fsp3) is 0.873. The Morgan fingerprint density at radius 1 is 0.642 bits per heavy atom. The maximum Gasteiger partial charge on any atom is 0.168 e. The first-order valence-corrected chi connectivity index (χ1v) is 29.8. The Hall–Kier alpha value is -0.330. The first-order chi connectivity index (χ1) is 32.4. The molecule has 1 heterocycles. The fourth-order valence-corrected chi connectivity index (χ4v) is 12.3. The monoisotopic (exact) mass is 1170 g/mol. The zero-order valence-corrected chi connectivity index (χ0v) is 47.6. The topological polar surface area (TPSA) is 149 Å². The van der Waals surface area contributed by atoms with Crippen molar-refractivity contribution in [3.8, 4) is 0 Å². The van der Waals surface area contributed by atoms with E-state index in [-0.39, 0.29) is 24.0 Å². The van der Waals surface area contributed by atoms with Crippen LogP contribution in [0.3, 0.4) is 0 Å².